The van der Waals surface area contributed by atoms with E-state index in [4.69, 9.17) is 9.88 Å². The number of methoxy groups -OCH3 is 1. The summed E-state index contributed by atoms with van der Waals surface area (Å²) in [4.78, 5) is 12.9. The Hall–Kier alpha value is -0.700. The highest BCUT2D eigenvalue weighted by molar-refractivity contribution is 7.86. The molecule has 1 rings (SSSR count). The van der Waals surface area contributed by atoms with E-state index in [1.807, 2.05) is 0 Å². The minimum atomic E-state index is -3.62. The Morgan fingerprint density at radius 2 is 1.87 bits per heavy atom. The maximum Gasteiger partial charge on any atom is 0.277 e. The molecule has 0 unspecified atom stereocenters. The van der Waals surface area contributed by atoms with Crippen molar-refractivity contribution in [1.82, 2.24) is 9.21 Å². The largest absolute Gasteiger partial charge is 0.375 e. The third-order valence-electron chi connectivity index (χ3n) is 2.22. The predicted molar refractivity (Wildman–Crippen MR) is 53.1 cm³/mol. The first-order valence-corrected chi connectivity index (χ1v) is 6.00. The van der Waals surface area contributed by atoms with Crippen molar-refractivity contribution >= 4 is 16.1 Å². The van der Waals surface area contributed by atoms with Gasteiger partial charge in [-0.1, -0.05) is 0 Å². The van der Waals surface area contributed by atoms with E-state index in [-0.39, 0.29) is 25.6 Å². The quantitative estimate of drug-likeness (QED) is 0.613. The molecular formula is C7H15N3O4S. The molecular weight excluding hydrogens is 222 g/mol. The fraction of sp³-hybridized carbons (Fsp3) is 0.857. The van der Waals surface area contributed by atoms with E-state index in [9.17, 15) is 13.2 Å². The van der Waals surface area contributed by atoms with Crippen molar-refractivity contribution in [2.45, 2.75) is 0 Å². The van der Waals surface area contributed by atoms with E-state index in [1.165, 1.54) is 7.11 Å². The predicted octanol–water partition coefficient (Wildman–Crippen LogP) is -2.02. The van der Waals surface area contributed by atoms with Gasteiger partial charge in [0.15, 0.2) is 0 Å². The minimum absolute atomic E-state index is 0.0232. The van der Waals surface area contributed by atoms with Gasteiger partial charge in [0.1, 0.15) is 6.61 Å². The topological polar surface area (TPSA) is 92.9 Å². The molecule has 0 saturated carbocycles. The van der Waals surface area contributed by atoms with Crippen molar-refractivity contribution in [2.75, 3.05) is 39.9 Å². The summed E-state index contributed by atoms with van der Waals surface area (Å²) in [5, 5.41) is 4.96. The molecule has 0 radical (unpaired) electrons. The van der Waals surface area contributed by atoms with Crippen molar-refractivity contribution in [3.05, 3.63) is 0 Å². The van der Waals surface area contributed by atoms with Crippen LogP contribution in [0.25, 0.3) is 0 Å². The van der Waals surface area contributed by atoms with Crippen LogP contribution in [0.2, 0.25) is 0 Å². The second kappa shape index (κ2) is 4.88. The Bertz CT molecular complexity index is 321. The average Bonchev–Trinajstić information content (AvgIpc) is 2.17. The summed E-state index contributed by atoms with van der Waals surface area (Å²) in [6.45, 7) is 1.23. The first-order valence-electron chi connectivity index (χ1n) is 4.49. The first kappa shape index (κ1) is 12.4. The lowest BCUT2D eigenvalue weighted by molar-refractivity contribution is -0.136. The molecule has 0 spiro atoms. The van der Waals surface area contributed by atoms with Crippen LogP contribution < -0.4 is 5.14 Å². The van der Waals surface area contributed by atoms with Gasteiger partial charge in [0.2, 0.25) is 5.91 Å². The van der Waals surface area contributed by atoms with Gasteiger partial charge in [-0.2, -0.15) is 12.7 Å². The van der Waals surface area contributed by atoms with Gasteiger partial charge in [0.05, 0.1) is 0 Å². The van der Waals surface area contributed by atoms with E-state index in [2.05, 4.69) is 0 Å². The standard InChI is InChI=1S/C7H15N3O4S/c1-14-6-7(11)9-2-4-10(5-3-9)15(8,12)13/h2-6H2,1H3,(H2,8,12,13). The van der Waals surface area contributed by atoms with Gasteiger partial charge in [0, 0.05) is 33.3 Å². The molecule has 0 aromatic rings. The van der Waals surface area contributed by atoms with E-state index >= 15 is 0 Å². The summed E-state index contributed by atoms with van der Waals surface area (Å²) in [6, 6.07) is 0. The lowest BCUT2D eigenvalue weighted by Gasteiger charge is -2.32. The molecule has 8 heteroatoms. The van der Waals surface area contributed by atoms with Crippen LogP contribution in [0.3, 0.4) is 0 Å². The number of nitrogens with zero attached hydrogens (tertiary/aromatic N) is 2. The Morgan fingerprint density at radius 3 is 2.27 bits per heavy atom. The Morgan fingerprint density at radius 1 is 1.33 bits per heavy atom. The molecule has 0 aromatic carbocycles. The Kier molecular flexibility index (Phi) is 4.03. The molecule has 1 saturated heterocycles. The number of amides is 1. The van der Waals surface area contributed by atoms with Crippen LogP contribution in [0.5, 0.6) is 0 Å². The van der Waals surface area contributed by atoms with Gasteiger partial charge in [0.25, 0.3) is 10.2 Å². The smallest absolute Gasteiger partial charge is 0.277 e. The van der Waals surface area contributed by atoms with Gasteiger partial charge in [-0.3, -0.25) is 4.79 Å². The molecule has 0 bridgehead atoms. The third-order valence-corrected chi connectivity index (χ3v) is 3.30. The third kappa shape index (κ3) is 3.42. The zero-order valence-corrected chi connectivity index (χ0v) is 9.37. The maximum absolute atomic E-state index is 11.4. The van der Waals surface area contributed by atoms with Crippen molar-refractivity contribution < 1.29 is 17.9 Å². The molecule has 1 heterocycles. The number of piperazine rings is 1. The summed E-state index contributed by atoms with van der Waals surface area (Å²) in [6.07, 6.45) is 0. The van der Waals surface area contributed by atoms with Gasteiger partial charge in [-0.05, 0) is 0 Å². The number of nitrogens with two attached hydrogens (primary N) is 1. The summed E-state index contributed by atoms with van der Waals surface area (Å²) < 4.78 is 27.8. The Balaban J connectivity index is 2.46. The van der Waals surface area contributed by atoms with E-state index in [1.54, 1.807) is 4.90 Å². The zero-order chi connectivity index (χ0) is 11.5. The highest BCUT2D eigenvalue weighted by Gasteiger charge is 2.25. The number of carbonyl (C=O) groups excluding carboxylic acids is 1. The highest BCUT2D eigenvalue weighted by atomic mass is 32.2. The van der Waals surface area contributed by atoms with E-state index < -0.39 is 10.2 Å². The van der Waals surface area contributed by atoms with Crippen molar-refractivity contribution in [2.24, 2.45) is 5.14 Å². The summed E-state index contributed by atoms with van der Waals surface area (Å²) >= 11 is 0. The van der Waals surface area contributed by atoms with Crippen LogP contribution in [0, 0.1) is 0 Å². The fourth-order valence-electron chi connectivity index (χ4n) is 1.41. The van der Waals surface area contributed by atoms with Gasteiger partial charge in [-0.25, -0.2) is 5.14 Å². The van der Waals surface area contributed by atoms with Gasteiger partial charge < -0.3 is 9.64 Å². The van der Waals surface area contributed by atoms with Crippen molar-refractivity contribution in [1.29, 1.82) is 0 Å². The van der Waals surface area contributed by atoms with Gasteiger partial charge >= 0.3 is 0 Å². The normalized spacial score (nSPS) is 19.2. The minimum Gasteiger partial charge on any atom is -0.375 e. The second-order valence-electron chi connectivity index (χ2n) is 3.26. The molecule has 0 aliphatic carbocycles. The van der Waals surface area contributed by atoms with Gasteiger partial charge in [-0.15, -0.1) is 0 Å². The molecule has 2 N–H and O–H groups in total. The monoisotopic (exact) mass is 237 g/mol. The van der Waals surface area contributed by atoms with Crippen LogP contribution >= 0.6 is 0 Å². The average molecular weight is 237 g/mol. The molecule has 7 nitrogen and oxygen atoms in total. The molecule has 0 atom stereocenters. The fourth-order valence-corrected chi connectivity index (χ4v) is 2.08. The summed E-state index contributed by atoms with van der Waals surface area (Å²) in [5.74, 6) is -0.133. The van der Waals surface area contributed by atoms with Crippen LogP contribution in [0.4, 0.5) is 0 Å². The maximum atomic E-state index is 11.4. The molecule has 1 aliphatic rings. The van der Waals surface area contributed by atoms with Crippen molar-refractivity contribution in [3.63, 3.8) is 0 Å². The van der Waals surface area contributed by atoms with Crippen LogP contribution in [0.15, 0.2) is 0 Å². The molecule has 0 aromatic heterocycles. The SMILES string of the molecule is COCC(=O)N1CCN(S(N)(=O)=O)CC1. The highest BCUT2D eigenvalue weighted by Crippen LogP contribution is 2.04. The molecule has 1 amide bonds. The first-order chi connectivity index (χ1) is 6.95. The number of carbonyl (C=O) groups is 1. The molecule has 15 heavy (non-hydrogen) atoms. The van der Waals surface area contributed by atoms with Crippen molar-refractivity contribution in [3.8, 4) is 0 Å². The molecule has 1 fully saturated rings. The lowest BCUT2D eigenvalue weighted by atomic mass is 10.3. The second-order valence-corrected chi connectivity index (χ2v) is 4.80. The van der Waals surface area contributed by atoms with E-state index in [0.29, 0.717) is 13.1 Å². The van der Waals surface area contributed by atoms with Crippen LogP contribution in [-0.4, -0.2) is 63.4 Å². The number of hydrogen-bond acceptors (Lipinski definition) is 4. The summed E-state index contributed by atoms with van der Waals surface area (Å²) in [5.41, 5.74) is 0. The van der Waals surface area contributed by atoms with Crippen LogP contribution in [0.1, 0.15) is 0 Å². The number of ether oxygens (including phenoxy) is 1. The lowest BCUT2D eigenvalue weighted by Crippen LogP contribution is -2.52. The van der Waals surface area contributed by atoms with Crippen LogP contribution in [-0.2, 0) is 19.7 Å². The zero-order valence-electron chi connectivity index (χ0n) is 8.55. The Labute approximate surface area is 89.0 Å². The number of hydrogen-bond donors (Lipinski definition) is 1. The number of rotatable bonds is 3. The molecule has 88 valence electrons. The molecule has 1 aliphatic heterocycles. The van der Waals surface area contributed by atoms with E-state index in [0.717, 1.165) is 4.31 Å². The summed E-state index contributed by atoms with van der Waals surface area (Å²) in [7, 11) is -2.18.